The normalized spacial score (nSPS) is 16.1. The number of aromatic nitrogens is 1. The van der Waals surface area contributed by atoms with Gasteiger partial charge >= 0.3 is 0 Å². The second-order valence-corrected chi connectivity index (χ2v) is 3.21. The van der Waals surface area contributed by atoms with E-state index in [0.717, 1.165) is 24.3 Å². The number of halogens is 2. The lowest BCUT2D eigenvalue weighted by atomic mass is 10.1. The van der Waals surface area contributed by atoms with E-state index in [0.29, 0.717) is 0 Å². The molecule has 2 rings (SSSR count). The van der Waals surface area contributed by atoms with Crippen LogP contribution in [0.4, 0.5) is 0 Å². The van der Waals surface area contributed by atoms with Crippen LogP contribution in [0.25, 0.3) is 0 Å². The van der Waals surface area contributed by atoms with Gasteiger partial charge in [0.1, 0.15) is 11.4 Å². The molecule has 5 heteroatoms. The fourth-order valence-corrected chi connectivity index (χ4v) is 1.30. The summed E-state index contributed by atoms with van der Waals surface area (Å²) in [5.74, 6) is 0.803. The third kappa shape index (κ3) is 2.29. The molecule has 0 spiro atoms. The fourth-order valence-electron chi connectivity index (χ4n) is 1.30. The van der Waals surface area contributed by atoms with E-state index in [1.807, 2.05) is 12.1 Å². The summed E-state index contributed by atoms with van der Waals surface area (Å²) < 4.78 is 5.17. The summed E-state index contributed by atoms with van der Waals surface area (Å²) in [6, 6.07) is 3.75. The molecule has 2 N–H and O–H groups in total. The summed E-state index contributed by atoms with van der Waals surface area (Å²) in [6.07, 6.45) is 3.78. The van der Waals surface area contributed by atoms with Crippen molar-refractivity contribution in [2.45, 2.75) is 18.4 Å². The molecule has 1 aliphatic carbocycles. The Balaban J connectivity index is 0.000000845. The highest BCUT2D eigenvalue weighted by Crippen LogP contribution is 2.44. The van der Waals surface area contributed by atoms with Gasteiger partial charge in [-0.3, -0.25) is 4.98 Å². The maximum Gasteiger partial charge on any atom is 0.142 e. The van der Waals surface area contributed by atoms with Crippen LogP contribution in [-0.2, 0) is 5.54 Å². The molecule has 0 unspecified atom stereocenters. The Morgan fingerprint density at radius 2 is 2.07 bits per heavy atom. The molecule has 1 aromatic rings. The van der Waals surface area contributed by atoms with Crippen molar-refractivity contribution in [1.82, 2.24) is 4.98 Å². The first-order chi connectivity index (χ1) is 5.76. The lowest BCUT2D eigenvalue weighted by molar-refractivity contribution is 0.400. The average Bonchev–Trinajstić information content (AvgIpc) is 2.85. The van der Waals surface area contributed by atoms with Gasteiger partial charge in [0.15, 0.2) is 0 Å². The van der Waals surface area contributed by atoms with Crippen molar-refractivity contribution >= 4 is 24.8 Å². The smallest absolute Gasteiger partial charge is 0.142 e. The number of nitrogens with two attached hydrogens (primary N) is 1. The summed E-state index contributed by atoms with van der Waals surface area (Å²) in [6.45, 7) is 0. The zero-order valence-corrected chi connectivity index (χ0v) is 9.53. The van der Waals surface area contributed by atoms with Crippen molar-refractivity contribution in [1.29, 1.82) is 0 Å². The van der Waals surface area contributed by atoms with E-state index in [2.05, 4.69) is 4.98 Å². The number of rotatable bonds is 2. The Hall–Kier alpha value is -0.510. The summed E-state index contributed by atoms with van der Waals surface area (Å²) in [7, 11) is 1.65. The topological polar surface area (TPSA) is 48.1 Å². The molecule has 1 fully saturated rings. The molecule has 1 aliphatic rings. The van der Waals surface area contributed by atoms with Gasteiger partial charge in [-0.15, -0.1) is 24.8 Å². The standard InChI is InChI=1S/C9H12N2O.2ClH/c1-12-7-3-2-6-11-8(7)9(10)4-5-9;;/h2-3,6H,4-5,10H2,1H3;2*1H. The van der Waals surface area contributed by atoms with E-state index in [1.165, 1.54) is 0 Å². The lowest BCUT2D eigenvalue weighted by Gasteiger charge is -2.11. The van der Waals surface area contributed by atoms with Crippen LogP contribution in [-0.4, -0.2) is 12.1 Å². The van der Waals surface area contributed by atoms with Gasteiger partial charge < -0.3 is 10.5 Å². The highest BCUT2D eigenvalue weighted by molar-refractivity contribution is 5.85. The second-order valence-electron chi connectivity index (χ2n) is 3.21. The predicted octanol–water partition coefficient (Wildman–Crippen LogP) is 1.88. The molecule has 0 saturated heterocycles. The summed E-state index contributed by atoms with van der Waals surface area (Å²) in [4.78, 5) is 4.23. The van der Waals surface area contributed by atoms with Gasteiger partial charge in [0, 0.05) is 6.20 Å². The fraction of sp³-hybridized carbons (Fsp3) is 0.444. The Morgan fingerprint density at radius 1 is 1.43 bits per heavy atom. The molecule has 1 heterocycles. The summed E-state index contributed by atoms with van der Waals surface area (Å²) in [5.41, 5.74) is 6.70. The first-order valence-electron chi connectivity index (χ1n) is 4.05. The predicted molar refractivity (Wildman–Crippen MR) is 60.4 cm³/mol. The maximum absolute atomic E-state index is 6.00. The Kier molecular flexibility index (Phi) is 4.65. The van der Waals surface area contributed by atoms with Gasteiger partial charge in [-0.25, -0.2) is 0 Å². The van der Waals surface area contributed by atoms with Crippen LogP contribution in [0.1, 0.15) is 18.5 Å². The van der Waals surface area contributed by atoms with Crippen molar-refractivity contribution in [3.63, 3.8) is 0 Å². The Bertz CT molecular complexity index is 303. The SMILES string of the molecule is COc1cccnc1C1(N)CC1.Cl.Cl. The lowest BCUT2D eigenvalue weighted by Crippen LogP contribution is -2.21. The first kappa shape index (κ1) is 13.5. The Morgan fingerprint density at radius 3 is 2.57 bits per heavy atom. The van der Waals surface area contributed by atoms with Crippen LogP contribution in [0, 0.1) is 0 Å². The number of hydrogen-bond donors (Lipinski definition) is 1. The highest BCUT2D eigenvalue weighted by Gasteiger charge is 2.43. The minimum atomic E-state index is -0.202. The van der Waals surface area contributed by atoms with Gasteiger partial charge in [0.2, 0.25) is 0 Å². The van der Waals surface area contributed by atoms with Crippen molar-refractivity contribution in [3.05, 3.63) is 24.0 Å². The van der Waals surface area contributed by atoms with Gasteiger partial charge in [0.05, 0.1) is 12.6 Å². The largest absolute Gasteiger partial charge is 0.495 e. The van der Waals surface area contributed by atoms with Crippen LogP contribution >= 0.6 is 24.8 Å². The molecule has 3 nitrogen and oxygen atoms in total. The second kappa shape index (κ2) is 4.82. The van der Waals surface area contributed by atoms with Crippen molar-refractivity contribution < 1.29 is 4.74 Å². The van der Waals surface area contributed by atoms with E-state index in [1.54, 1.807) is 13.3 Å². The van der Waals surface area contributed by atoms with E-state index >= 15 is 0 Å². The average molecular weight is 237 g/mol. The third-order valence-electron chi connectivity index (χ3n) is 2.25. The zero-order chi connectivity index (χ0) is 8.60. The van der Waals surface area contributed by atoms with E-state index in [9.17, 15) is 0 Å². The van der Waals surface area contributed by atoms with Gasteiger partial charge in [-0.2, -0.15) is 0 Å². The van der Waals surface area contributed by atoms with Crippen LogP contribution in [0.15, 0.2) is 18.3 Å². The Labute approximate surface area is 95.9 Å². The third-order valence-corrected chi connectivity index (χ3v) is 2.25. The first-order valence-corrected chi connectivity index (χ1v) is 4.05. The molecule has 0 radical (unpaired) electrons. The molecule has 1 saturated carbocycles. The zero-order valence-electron chi connectivity index (χ0n) is 7.90. The monoisotopic (exact) mass is 236 g/mol. The quantitative estimate of drug-likeness (QED) is 0.854. The van der Waals surface area contributed by atoms with Gasteiger partial charge in [-0.1, -0.05) is 0 Å². The van der Waals surface area contributed by atoms with Gasteiger partial charge in [-0.05, 0) is 25.0 Å². The molecular formula is C9H14Cl2N2O. The minimum Gasteiger partial charge on any atom is -0.495 e. The summed E-state index contributed by atoms with van der Waals surface area (Å²) in [5, 5.41) is 0. The van der Waals surface area contributed by atoms with E-state index in [-0.39, 0.29) is 30.4 Å². The number of ether oxygens (including phenoxy) is 1. The minimum absolute atomic E-state index is 0. The molecular weight excluding hydrogens is 223 g/mol. The number of pyridine rings is 1. The molecule has 0 bridgehead atoms. The van der Waals surface area contributed by atoms with Crippen molar-refractivity contribution in [3.8, 4) is 5.75 Å². The van der Waals surface area contributed by atoms with Crippen LogP contribution in [0.5, 0.6) is 5.75 Å². The molecule has 0 atom stereocenters. The molecule has 0 amide bonds. The number of methoxy groups -OCH3 is 1. The van der Waals surface area contributed by atoms with Crippen LogP contribution in [0.3, 0.4) is 0 Å². The molecule has 80 valence electrons. The van der Waals surface area contributed by atoms with Crippen molar-refractivity contribution in [2.24, 2.45) is 5.73 Å². The molecule has 0 aromatic carbocycles. The van der Waals surface area contributed by atoms with Crippen LogP contribution < -0.4 is 10.5 Å². The highest BCUT2D eigenvalue weighted by atomic mass is 35.5. The number of hydrogen-bond acceptors (Lipinski definition) is 3. The maximum atomic E-state index is 6.00. The summed E-state index contributed by atoms with van der Waals surface area (Å²) >= 11 is 0. The van der Waals surface area contributed by atoms with Gasteiger partial charge in [0.25, 0.3) is 0 Å². The molecule has 14 heavy (non-hydrogen) atoms. The molecule has 1 aromatic heterocycles. The number of nitrogens with zero attached hydrogens (tertiary/aromatic N) is 1. The van der Waals surface area contributed by atoms with E-state index in [4.69, 9.17) is 10.5 Å². The van der Waals surface area contributed by atoms with Crippen molar-refractivity contribution in [2.75, 3.05) is 7.11 Å². The van der Waals surface area contributed by atoms with Crippen LogP contribution in [0.2, 0.25) is 0 Å². The van der Waals surface area contributed by atoms with E-state index < -0.39 is 0 Å². The molecule has 0 aliphatic heterocycles.